The Bertz CT molecular complexity index is 6010. The number of hydrogen-bond donors (Lipinski definition) is 0. The van der Waals surface area contributed by atoms with Gasteiger partial charge in [-0.25, -0.2) is 0 Å². The van der Waals surface area contributed by atoms with Crippen molar-refractivity contribution in [2.45, 2.75) is 157 Å². The molecular formula is C92H87N3O. The van der Waals surface area contributed by atoms with Crippen LogP contribution in [0.25, 0.3) is 159 Å². The van der Waals surface area contributed by atoms with Crippen molar-refractivity contribution in [1.82, 2.24) is 13.4 Å². The lowest BCUT2D eigenvalue weighted by atomic mass is 9.78. The molecular weight excluding hydrogens is 1160 g/mol. The first-order valence-electron chi connectivity index (χ1n) is 34.8. The molecule has 0 radical (unpaired) electrons. The van der Waals surface area contributed by atoms with Crippen LogP contribution in [0.15, 0.2) is 205 Å². The highest BCUT2D eigenvalue weighted by molar-refractivity contribution is 6.36. The third kappa shape index (κ3) is 9.06. The van der Waals surface area contributed by atoms with Crippen molar-refractivity contribution in [3.05, 3.63) is 234 Å². The predicted molar refractivity (Wildman–Crippen MR) is 414 cm³/mol. The van der Waals surface area contributed by atoms with Crippen molar-refractivity contribution >= 4 is 109 Å². The molecule has 4 nitrogen and oxygen atoms in total. The number of fused-ring (bicyclic) bond motifs is 18. The van der Waals surface area contributed by atoms with E-state index in [9.17, 15) is 0 Å². The molecule has 0 unspecified atom stereocenters. The fourth-order valence-electron chi connectivity index (χ4n) is 15.9. The molecule has 0 amide bonds. The van der Waals surface area contributed by atoms with E-state index in [-0.39, 0.29) is 32.5 Å². The van der Waals surface area contributed by atoms with Crippen molar-refractivity contribution < 1.29 is 4.42 Å². The Labute approximate surface area is 564 Å². The highest BCUT2D eigenvalue weighted by Gasteiger charge is 2.32. The fourth-order valence-corrected chi connectivity index (χ4v) is 15.9. The van der Waals surface area contributed by atoms with Gasteiger partial charge in [0.1, 0.15) is 5.58 Å². The topological polar surface area (TPSA) is 26.9 Å². The van der Waals surface area contributed by atoms with Crippen molar-refractivity contribution in [2.24, 2.45) is 0 Å². The molecule has 4 heteroatoms. The van der Waals surface area contributed by atoms with E-state index in [0.717, 1.165) is 33.3 Å². The van der Waals surface area contributed by atoms with E-state index in [1.165, 1.54) is 159 Å². The second-order valence-electron chi connectivity index (χ2n) is 34.4. The molecule has 0 aliphatic carbocycles. The summed E-state index contributed by atoms with van der Waals surface area (Å²) in [7, 11) is 0. The van der Waals surface area contributed by atoms with Gasteiger partial charge in [0.15, 0.2) is 0 Å². The molecule has 17 rings (SSSR count). The van der Waals surface area contributed by atoms with Gasteiger partial charge in [-0.05, 0) is 184 Å². The van der Waals surface area contributed by atoms with Crippen LogP contribution in [0.3, 0.4) is 0 Å². The van der Waals surface area contributed by atoms with Gasteiger partial charge in [-0.3, -0.25) is 4.40 Å². The second-order valence-corrected chi connectivity index (χ2v) is 34.4. The quantitative estimate of drug-likeness (QED) is 0.169. The van der Waals surface area contributed by atoms with Crippen molar-refractivity contribution in [3.63, 3.8) is 0 Å². The van der Waals surface area contributed by atoms with E-state index in [0.29, 0.717) is 0 Å². The molecule has 0 bridgehead atoms. The number of benzene rings is 11. The number of para-hydroxylation sites is 3. The average molecular weight is 1250 g/mol. The van der Waals surface area contributed by atoms with Gasteiger partial charge < -0.3 is 13.4 Å². The van der Waals surface area contributed by atoms with Gasteiger partial charge in [0.05, 0.1) is 44.0 Å². The number of nitrogens with zero attached hydrogens (tertiary/aromatic N) is 3. The molecule has 6 aromatic heterocycles. The van der Waals surface area contributed by atoms with Crippen molar-refractivity contribution in [1.29, 1.82) is 0 Å². The zero-order valence-corrected chi connectivity index (χ0v) is 59.3. The van der Waals surface area contributed by atoms with Gasteiger partial charge >= 0.3 is 0 Å². The first-order chi connectivity index (χ1) is 45.4. The first-order valence-corrected chi connectivity index (χ1v) is 34.8. The summed E-state index contributed by atoms with van der Waals surface area (Å²) >= 11 is 0. The molecule has 0 spiro atoms. The predicted octanol–water partition coefficient (Wildman–Crippen LogP) is 26.3. The van der Waals surface area contributed by atoms with Crippen LogP contribution in [0.2, 0.25) is 0 Å². The maximum atomic E-state index is 7.19. The summed E-state index contributed by atoms with van der Waals surface area (Å²) in [6.45, 7) is 42.4. The van der Waals surface area contributed by atoms with E-state index in [1.54, 1.807) is 0 Å². The highest BCUT2D eigenvalue weighted by Crippen LogP contribution is 2.53. The molecule has 0 aliphatic heterocycles. The molecule has 96 heavy (non-hydrogen) atoms. The monoisotopic (exact) mass is 1250 g/mol. The molecule has 6 heterocycles. The van der Waals surface area contributed by atoms with E-state index in [2.05, 4.69) is 338 Å². The standard InChI is InChI=1S/C92H87N3O/c1-87(2,3)59-36-53(37-60(49-59)88(4,5)6)56-43-69(52-32-34-77-70(42-52)66-28-22-24-30-76(66)93(77)65-26-20-19-21-27-65)82-72(45-56)73-46-57(54-38-61(89(7,8)9)50-62(39-54)90(10,11)12)44-71-67-33-35-78-81(85(67)95(82)83(71)73)75-48-58(55-40-63(91(13,14)15)51-64(41-55)92(16,17)18)47-74-80-68-29-23-25-31-79(68)96-86(80)94(78)84(74)75/h19-51H,1-18H3. The van der Waals surface area contributed by atoms with E-state index < -0.39 is 0 Å². The van der Waals surface area contributed by atoms with E-state index >= 15 is 0 Å². The summed E-state index contributed by atoms with van der Waals surface area (Å²) < 4.78 is 14.8. The summed E-state index contributed by atoms with van der Waals surface area (Å²) in [5, 5.41) is 13.4. The van der Waals surface area contributed by atoms with E-state index in [4.69, 9.17) is 4.42 Å². The van der Waals surface area contributed by atoms with Crippen LogP contribution in [0.5, 0.6) is 0 Å². The minimum Gasteiger partial charge on any atom is -0.439 e. The Morgan fingerprint density at radius 3 is 1.18 bits per heavy atom. The Kier molecular flexibility index (Phi) is 12.5. The van der Waals surface area contributed by atoms with Crippen molar-refractivity contribution in [3.8, 4) is 50.2 Å². The van der Waals surface area contributed by atoms with Gasteiger partial charge in [-0.2, -0.15) is 0 Å². The summed E-state index contributed by atoms with van der Waals surface area (Å²) in [4.78, 5) is 0. The largest absolute Gasteiger partial charge is 0.439 e. The maximum Gasteiger partial charge on any atom is 0.213 e. The second kappa shape index (κ2) is 20.0. The van der Waals surface area contributed by atoms with Crippen LogP contribution in [0, 0.1) is 0 Å². The molecule has 0 N–H and O–H groups in total. The van der Waals surface area contributed by atoms with Gasteiger partial charge in [0.2, 0.25) is 5.71 Å². The van der Waals surface area contributed by atoms with Crippen LogP contribution >= 0.6 is 0 Å². The molecule has 0 saturated carbocycles. The number of furan rings is 1. The minimum atomic E-state index is -0.0842. The maximum absolute atomic E-state index is 7.19. The van der Waals surface area contributed by atoms with Crippen LogP contribution in [-0.2, 0) is 32.5 Å². The Morgan fingerprint density at radius 2 is 0.646 bits per heavy atom. The van der Waals surface area contributed by atoms with Crippen LogP contribution in [-0.4, -0.2) is 13.4 Å². The van der Waals surface area contributed by atoms with E-state index in [1.807, 2.05) is 0 Å². The molecule has 17 aromatic rings. The summed E-state index contributed by atoms with van der Waals surface area (Å²) in [5.74, 6) is 0. The zero-order chi connectivity index (χ0) is 67.0. The molecule has 0 aliphatic rings. The van der Waals surface area contributed by atoms with Crippen molar-refractivity contribution in [2.75, 3.05) is 0 Å². The third-order valence-electron chi connectivity index (χ3n) is 21.5. The van der Waals surface area contributed by atoms with Gasteiger partial charge in [0, 0.05) is 65.1 Å². The van der Waals surface area contributed by atoms with Gasteiger partial charge in [0.25, 0.3) is 0 Å². The lowest BCUT2D eigenvalue weighted by Crippen LogP contribution is -2.16. The fraction of sp³-hybridized carbons (Fsp3) is 0.261. The van der Waals surface area contributed by atoms with Crippen LogP contribution in [0.1, 0.15) is 158 Å². The third-order valence-corrected chi connectivity index (χ3v) is 21.5. The number of hydrogen-bond acceptors (Lipinski definition) is 1. The molecule has 0 fully saturated rings. The molecule has 0 atom stereocenters. The summed E-state index contributed by atoms with van der Waals surface area (Å²) in [5.41, 5.74) is 28.6. The Morgan fingerprint density at radius 1 is 0.250 bits per heavy atom. The first kappa shape index (κ1) is 60.1. The lowest BCUT2D eigenvalue weighted by molar-refractivity contribution is 0.568. The van der Waals surface area contributed by atoms with Gasteiger partial charge in [-0.15, -0.1) is 0 Å². The number of aromatic nitrogens is 3. The average Bonchev–Trinajstić information content (AvgIpc) is 1.50. The summed E-state index contributed by atoms with van der Waals surface area (Å²) in [6.07, 6.45) is 0. The normalized spacial score (nSPS) is 13.5. The molecule has 476 valence electrons. The highest BCUT2D eigenvalue weighted by atomic mass is 16.3. The number of rotatable bonds is 5. The Balaban J connectivity index is 1.09. The zero-order valence-electron chi connectivity index (χ0n) is 59.3. The van der Waals surface area contributed by atoms with Crippen LogP contribution in [0.4, 0.5) is 0 Å². The summed E-state index contributed by atoms with van der Waals surface area (Å²) in [6, 6.07) is 78.1. The molecule has 11 aromatic carbocycles. The SMILES string of the molecule is CC(C)(C)c1cc(-c2cc(-c3ccc4c(c3)c3ccccc3n4-c3ccccc3)c3c(c2)c2cc(-c4cc(C(C)(C)C)cc(C(C)(C)C)c4)cc4c5ccc6c(c7cc(-c8cc(C(C)(C)C)cc(C(C)(C)C)c8)cc8c9c%10ccccc%10oc9n6c87)c5n3c24)cc(C(C)(C)C)c1. The molecule has 0 saturated heterocycles. The smallest absolute Gasteiger partial charge is 0.213 e. The minimum absolute atomic E-state index is 0.0686. The van der Waals surface area contributed by atoms with Crippen LogP contribution < -0.4 is 0 Å². The Hall–Kier alpha value is -9.64. The van der Waals surface area contributed by atoms with Gasteiger partial charge in [-0.1, -0.05) is 246 Å². The lowest BCUT2D eigenvalue weighted by Gasteiger charge is -2.26.